The van der Waals surface area contributed by atoms with Gasteiger partial charge < -0.3 is 10.1 Å². The minimum Gasteiger partial charge on any atom is -0.496 e. The zero-order valence-corrected chi connectivity index (χ0v) is 20.2. The highest BCUT2D eigenvalue weighted by molar-refractivity contribution is 5.39. The maximum atomic E-state index is 5.73. The van der Waals surface area contributed by atoms with E-state index in [0.29, 0.717) is 23.8 Å². The van der Waals surface area contributed by atoms with Gasteiger partial charge in [0, 0.05) is 24.1 Å². The molecule has 5 rings (SSSR count). The lowest BCUT2D eigenvalue weighted by Gasteiger charge is -2.38. The van der Waals surface area contributed by atoms with E-state index in [1.165, 1.54) is 41.5 Å². The number of methoxy groups -OCH3 is 1. The highest BCUT2D eigenvalue weighted by atomic mass is 16.5. The van der Waals surface area contributed by atoms with Crippen molar-refractivity contribution < 1.29 is 4.74 Å². The van der Waals surface area contributed by atoms with Gasteiger partial charge in [0.1, 0.15) is 5.75 Å². The average Bonchev–Trinajstić information content (AvgIpc) is 3.46. The van der Waals surface area contributed by atoms with Gasteiger partial charge in [-0.2, -0.15) is 0 Å². The number of fused-ring (bicyclic) bond motifs is 2. The Bertz CT molecular complexity index is 1010. The van der Waals surface area contributed by atoms with Crippen molar-refractivity contribution in [2.24, 2.45) is 17.8 Å². The molecule has 0 saturated heterocycles. The van der Waals surface area contributed by atoms with E-state index in [9.17, 15) is 0 Å². The van der Waals surface area contributed by atoms with Crippen molar-refractivity contribution in [2.75, 3.05) is 7.11 Å². The van der Waals surface area contributed by atoms with Gasteiger partial charge in [-0.05, 0) is 65.7 Å². The van der Waals surface area contributed by atoms with Crippen molar-refractivity contribution >= 4 is 0 Å². The Kier molecular flexibility index (Phi) is 6.55. The Balaban J connectivity index is 1.46. The summed E-state index contributed by atoms with van der Waals surface area (Å²) in [4.78, 5) is 0. The number of ether oxygens (including phenoxy) is 1. The van der Waals surface area contributed by atoms with Gasteiger partial charge in [0.25, 0.3) is 0 Å². The molecule has 3 aromatic rings. The number of hydrogen-bond acceptors (Lipinski definition) is 2. The van der Waals surface area contributed by atoms with Crippen LogP contribution >= 0.6 is 0 Å². The van der Waals surface area contributed by atoms with Crippen LogP contribution < -0.4 is 10.1 Å². The fourth-order valence-electron chi connectivity index (χ4n) is 6.60. The number of benzene rings is 3. The van der Waals surface area contributed by atoms with E-state index < -0.39 is 0 Å². The van der Waals surface area contributed by atoms with Crippen molar-refractivity contribution in [3.8, 4) is 5.75 Å². The zero-order valence-electron chi connectivity index (χ0n) is 20.2. The first kappa shape index (κ1) is 22.2. The first-order valence-electron chi connectivity index (χ1n) is 12.7. The largest absolute Gasteiger partial charge is 0.496 e. The smallest absolute Gasteiger partial charge is 0.123 e. The molecule has 2 fully saturated rings. The lowest BCUT2D eigenvalue weighted by Crippen LogP contribution is -2.43. The summed E-state index contributed by atoms with van der Waals surface area (Å²) in [6.07, 6.45) is 4.09. The molecule has 33 heavy (non-hydrogen) atoms. The molecule has 2 bridgehead atoms. The molecule has 0 radical (unpaired) electrons. The molecule has 172 valence electrons. The van der Waals surface area contributed by atoms with Crippen LogP contribution in [-0.4, -0.2) is 13.2 Å². The van der Waals surface area contributed by atoms with Crippen LogP contribution in [0.25, 0.3) is 0 Å². The molecule has 2 heteroatoms. The predicted octanol–water partition coefficient (Wildman–Crippen LogP) is 7.16. The van der Waals surface area contributed by atoms with E-state index in [0.717, 1.165) is 24.1 Å². The van der Waals surface area contributed by atoms with Crippen molar-refractivity contribution in [3.63, 3.8) is 0 Å². The molecule has 4 unspecified atom stereocenters. The van der Waals surface area contributed by atoms with E-state index in [4.69, 9.17) is 4.74 Å². The molecular formula is C31H37NO. The van der Waals surface area contributed by atoms with Crippen LogP contribution in [-0.2, 0) is 6.54 Å². The van der Waals surface area contributed by atoms with Gasteiger partial charge in [0.05, 0.1) is 7.11 Å². The predicted molar refractivity (Wildman–Crippen MR) is 137 cm³/mol. The first-order valence-corrected chi connectivity index (χ1v) is 12.7. The van der Waals surface area contributed by atoms with Gasteiger partial charge >= 0.3 is 0 Å². The van der Waals surface area contributed by atoms with E-state index >= 15 is 0 Å². The molecule has 1 N–H and O–H groups in total. The summed E-state index contributed by atoms with van der Waals surface area (Å²) in [7, 11) is 1.79. The average molecular weight is 440 g/mol. The monoisotopic (exact) mass is 439 g/mol. The van der Waals surface area contributed by atoms with Crippen molar-refractivity contribution in [2.45, 2.75) is 57.5 Å². The lowest BCUT2D eigenvalue weighted by molar-refractivity contribution is 0.224. The second-order valence-electron chi connectivity index (χ2n) is 10.3. The quantitative estimate of drug-likeness (QED) is 0.402. The highest BCUT2D eigenvalue weighted by Crippen LogP contribution is 2.55. The summed E-state index contributed by atoms with van der Waals surface area (Å²) in [6.45, 7) is 5.38. The Morgan fingerprint density at radius 3 is 2.06 bits per heavy atom. The minimum atomic E-state index is 0.434. The fourth-order valence-corrected chi connectivity index (χ4v) is 6.60. The Morgan fingerprint density at radius 1 is 0.818 bits per heavy atom. The first-order chi connectivity index (χ1) is 16.2. The summed E-state index contributed by atoms with van der Waals surface area (Å²) < 4.78 is 5.73. The van der Waals surface area contributed by atoms with Gasteiger partial charge in [0.15, 0.2) is 0 Å². The summed E-state index contributed by atoms with van der Waals surface area (Å²) in [5.74, 6) is 4.13. The van der Waals surface area contributed by atoms with E-state index in [1.807, 2.05) is 0 Å². The molecule has 0 aliphatic heterocycles. The molecular weight excluding hydrogens is 402 g/mol. The summed E-state index contributed by atoms with van der Waals surface area (Å²) in [6, 6.07) is 29.6. The normalized spacial score (nSPS) is 24.0. The van der Waals surface area contributed by atoms with Crippen LogP contribution in [0.2, 0.25) is 0 Å². The maximum absolute atomic E-state index is 5.73. The van der Waals surface area contributed by atoms with Gasteiger partial charge in [-0.15, -0.1) is 0 Å². The number of rotatable bonds is 8. The third kappa shape index (κ3) is 4.46. The Morgan fingerprint density at radius 2 is 1.45 bits per heavy atom. The SMILES string of the molecule is COc1ccc(C(C)C)cc1CNC1C2CCC(C2)C1C(c1ccccc1)c1ccccc1. The minimum absolute atomic E-state index is 0.434. The number of nitrogens with one attached hydrogen (secondary N) is 1. The third-order valence-electron chi connectivity index (χ3n) is 8.18. The van der Waals surface area contributed by atoms with E-state index in [2.05, 4.69) is 98.0 Å². The zero-order chi connectivity index (χ0) is 22.8. The highest BCUT2D eigenvalue weighted by Gasteiger charge is 2.50. The third-order valence-corrected chi connectivity index (χ3v) is 8.18. The topological polar surface area (TPSA) is 21.3 Å². The second kappa shape index (κ2) is 9.73. The van der Waals surface area contributed by atoms with Crippen molar-refractivity contribution in [3.05, 3.63) is 101 Å². The van der Waals surface area contributed by atoms with Crippen LogP contribution in [0.5, 0.6) is 5.75 Å². The van der Waals surface area contributed by atoms with E-state index in [1.54, 1.807) is 7.11 Å². The van der Waals surface area contributed by atoms with Gasteiger partial charge in [0.2, 0.25) is 0 Å². The molecule has 2 aliphatic carbocycles. The molecule has 2 saturated carbocycles. The summed E-state index contributed by atoms with van der Waals surface area (Å²) in [5, 5.41) is 4.06. The van der Waals surface area contributed by atoms with Crippen LogP contribution in [0.1, 0.15) is 67.2 Å². The summed E-state index contributed by atoms with van der Waals surface area (Å²) >= 11 is 0. The van der Waals surface area contributed by atoms with Crippen LogP contribution in [0.15, 0.2) is 78.9 Å². The lowest BCUT2D eigenvalue weighted by atomic mass is 9.70. The standard InChI is InChI=1S/C31H37NO/c1-21(2)24-16-17-28(33-3)27(18-24)20-32-31-26-15-14-25(19-26)30(31)29(22-10-6-4-7-11-22)23-12-8-5-9-13-23/h4-13,16-18,21,25-26,29-32H,14-15,19-20H2,1-3H3. The molecule has 2 nitrogen and oxygen atoms in total. The fraction of sp³-hybridized carbons (Fsp3) is 0.419. The molecule has 0 aromatic heterocycles. The van der Waals surface area contributed by atoms with Crippen molar-refractivity contribution in [1.82, 2.24) is 5.32 Å². The van der Waals surface area contributed by atoms with Crippen molar-refractivity contribution in [1.29, 1.82) is 0 Å². The number of hydrogen-bond donors (Lipinski definition) is 1. The van der Waals surface area contributed by atoms with Crippen LogP contribution in [0.4, 0.5) is 0 Å². The molecule has 0 spiro atoms. The Labute approximate surface area is 199 Å². The van der Waals surface area contributed by atoms with Gasteiger partial charge in [-0.25, -0.2) is 0 Å². The maximum Gasteiger partial charge on any atom is 0.123 e. The molecule has 0 amide bonds. The molecule has 0 heterocycles. The van der Waals surface area contributed by atoms with Gasteiger partial charge in [-0.3, -0.25) is 0 Å². The summed E-state index contributed by atoms with van der Waals surface area (Å²) in [5.41, 5.74) is 5.56. The molecule has 2 aliphatic rings. The second-order valence-corrected chi connectivity index (χ2v) is 10.3. The van der Waals surface area contributed by atoms with E-state index in [-0.39, 0.29) is 0 Å². The Hall–Kier alpha value is -2.58. The van der Waals surface area contributed by atoms with Gasteiger partial charge in [-0.1, -0.05) is 86.6 Å². The van der Waals surface area contributed by atoms with Crippen LogP contribution in [0.3, 0.4) is 0 Å². The van der Waals surface area contributed by atoms with Crippen LogP contribution in [0, 0.1) is 17.8 Å². The molecule has 4 atom stereocenters. The molecule has 3 aromatic carbocycles.